The van der Waals surface area contributed by atoms with Crippen molar-refractivity contribution in [3.8, 4) is 0 Å². The topological polar surface area (TPSA) is 207 Å². The van der Waals surface area contributed by atoms with Crippen LogP contribution in [0.15, 0.2) is 46.1 Å². The SMILES string of the molecule is O=c1ccn([C@@H]2O[C@H](COP(=O)(O)OP(=O)(O)O)[C@H](O)C2O)c(=O)n1CCc1ccccc1Cl. The summed E-state index contributed by atoms with van der Waals surface area (Å²) in [7, 11) is -10.6. The smallest absolute Gasteiger partial charge is 0.387 e. The number of phosphoric ester groups is 1. The summed E-state index contributed by atoms with van der Waals surface area (Å²) in [6.45, 7) is -0.975. The van der Waals surface area contributed by atoms with Crippen molar-refractivity contribution in [3.63, 3.8) is 0 Å². The Morgan fingerprint density at radius 1 is 1.06 bits per heavy atom. The van der Waals surface area contributed by atoms with E-state index in [9.17, 15) is 33.8 Å². The molecule has 0 amide bonds. The van der Waals surface area contributed by atoms with Crippen molar-refractivity contribution in [2.24, 2.45) is 0 Å². The predicted molar refractivity (Wildman–Crippen MR) is 115 cm³/mol. The van der Waals surface area contributed by atoms with Crippen molar-refractivity contribution >= 4 is 27.2 Å². The fourth-order valence-electron chi connectivity index (χ4n) is 3.29. The lowest BCUT2D eigenvalue weighted by atomic mass is 10.1. The van der Waals surface area contributed by atoms with Gasteiger partial charge in [0, 0.05) is 23.8 Å². The number of hydrogen-bond donors (Lipinski definition) is 5. The molecule has 0 saturated carbocycles. The van der Waals surface area contributed by atoms with Crippen molar-refractivity contribution < 1.29 is 47.6 Å². The second-order valence-corrected chi connectivity index (χ2v) is 10.5. The van der Waals surface area contributed by atoms with Gasteiger partial charge in [-0.3, -0.25) is 18.5 Å². The largest absolute Gasteiger partial charge is 0.481 e. The van der Waals surface area contributed by atoms with Crippen molar-refractivity contribution in [1.29, 1.82) is 0 Å². The summed E-state index contributed by atoms with van der Waals surface area (Å²) >= 11 is 6.10. The van der Waals surface area contributed by atoms with Crippen LogP contribution >= 0.6 is 27.2 Å². The number of halogens is 1. The van der Waals surface area contributed by atoms with E-state index in [1.807, 2.05) is 0 Å². The van der Waals surface area contributed by atoms with Gasteiger partial charge in [0.15, 0.2) is 6.23 Å². The Bertz CT molecular complexity index is 1240. The van der Waals surface area contributed by atoms with Crippen LogP contribution in [-0.4, -0.2) is 58.9 Å². The summed E-state index contributed by atoms with van der Waals surface area (Å²) < 4.78 is 37.5. The molecule has 188 valence electrons. The van der Waals surface area contributed by atoms with Crippen LogP contribution in [0, 0.1) is 0 Å². The van der Waals surface area contributed by atoms with Crippen LogP contribution in [-0.2, 0) is 35.7 Å². The second-order valence-electron chi connectivity index (χ2n) is 7.22. The van der Waals surface area contributed by atoms with Gasteiger partial charge in [0.1, 0.15) is 18.3 Å². The first-order chi connectivity index (χ1) is 15.8. The zero-order valence-electron chi connectivity index (χ0n) is 17.2. The molecule has 5 atom stereocenters. The van der Waals surface area contributed by atoms with Crippen LogP contribution in [0.1, 0.15) is 11.8 Å². The van der Waals surface area contributed by atoms with Gasteiger partial charge in [0.05, 0.1) is 6.61 Å². The lowest BCUT2D eigenvalue weighted by molar-refractivity contribution is -0.0548. The molecule has 34 heavy (non-hydrogen) atoms. The summed E-state index contributed by atoms with van der Waals surface area (Å²) in [5.74, 6) is 0. The van der Waals surface area contributed by atoms with Gasteiger partial charge < -0.3 is 29.6 Å². The van der Waals surface area contributed by atoms with Gasteiger partial charge in [-0.2, -0.15) is 4.31 Å². The summed E-state index contributed by atoms with van der Waals surface area (Å²) in [6, 6.07) is 7.92. The number of ether oxygens (including phenoxy) is 1. The number of phosphoric acid groups is 2. The van der Waals surface area contributed by atoms with E-state index in [4.69, 9.17) is 26.1 Å². The minimum Gasteiger partial charge on any atom is -0.387 e. The molecule has 2 aromatic rings. The second kappa shape index (κ2) is 10.5. The van der Waals surface area contributed by atoms with Crippen LogP contribution in [0.5, 0.6) is 0 Å². The Kier molecular flexibility index (Phi) is 8.33. The van der Waals surface area contributed by atoms with E-state index in [0.29, 0.717) is 10.6 Å². The minimum atomic E-state index is -5.36. The van der Waals surface area contributed by atoms with Gasteiger partial charge in [-0.15, -0.1) is 0 Å². The van der Waals surface area contributed by atoms with Crippen molar-refractivity contribution in [2.45, 2.75) is 37.5 Å². The average molecular weight is 543 g/mol. The minimum absolute atomic E-state index is 0.0481. The Morgan fingerprint density at radius 3 is 2.38 bits per heavy atom. The Morgan fingerprint density at radius 2 is 1.74 bits per heavy atom. The molecule has 1 saturated heterocycles. The van der Waals surface area contributed by atoms with Crippen molar-refractivity contribution in [1.82, 2.24) is 9.13 Å². The molecule has 1 aliphatic heterocycles. The fraction of sp³-hybridized carbons (Fsp3) is 0.412. The number of benzene rings is 1. The lowest BCUT2D eigenvalue weighted by Gasteiger charge is -2.19. The van der Waals surface area contributed by atoms with Gasteiger partial charge in [-0.05, 0) is 18.1 Å². The third-order valence-corrected chi connectivity index (χ3v) is 7.40. The number of aliphatic hydroxyl groups excluding tert-OH is 2. The molecule has 0 bridgehead atoms. The van der Waals surface area contributed by atoms with E-state index in [1.165, 1.54) is 0 Å². The molecule has 2 unspecified atom stereocenters. The van der Waals surface area contributed by atoms with Crippen LogP contribution in [0.25, 0.3) is 0 Å². The molecule has 1 fully saturated rings. The summed E-state index contributed by atoms with van der Waals surface area (Å²) in [4.78, 5) is 51.8. The predicted octanol–water partition coefficient (Wildman–Crippen LogP) is -0.248. The Balaban J connectivity index is 1.76. The van der Waals surface area contributed by atoms with Gasteiger partial charge in [0.2, 0.25) is 0 Å². The van der Waals surface area contributed by atoms with Crippen molar-refractivity contribution in [2.75, 3.05) is 6.61 Å². The molecule has 0 radical (unpaired) electrons. The van der Waals surface area contributed by atoms with Crippen LogP contribution < -0.4 is 11.2 Å². The summed E-state index contributed by atoms with van der Waals surface area (Å²) in [6.07, 6.45) is -5.15. The third kappa shape index (κ3) is 6.51. The van der Waals surface area contributed by atoms with E-state index in [2.05, 4.69) is 8.83 Å². The number of rotatable bonds is 9. The molecule has 14 nitrogen and oxygen atoms in total. The molecule has 1 aromatic heterocycles. The highest BCUT2D eigenvalue weighted by Gasteiger charge is 2.46. The molecule has 3 rings (SSSR count). The number of nitrogens with zero attached hydrogens (tertiary/aromatic N) is 2. The number of aliphatic hydroxyl groups is 2. The fourth-order valence-corrected chi connectivity index (χ4v) is 5.12. The normalized spacial score (nSPS) is 24.8. The van der Waals surface area contributed by atoms with E-state index in [1.54, 1.807) is 24.3 Å². The number of hydrogen-bond acceptors (Lipinski definition) is 9. The Labute approximate surface area is 196 Å². The Hall–Kier alpha value is -1.67. The monoisotopic (exact) mass is 542 g/mol. The van der Waals surface area contributed by atoms with Crippen LogP contribution in [0.2, 0.25) is 5.02 Å². The highest BCUT2D eigenvalue weighted by Crippen LogP contribution is 2.57. The summed E-state index contributed by atoms with van der Waals surface area (Å²) in [5, 5.41) is 21.0. The first kappa shape index (κ1) is 26.9. The first-order valence-electron chi connectivity index (χ1n) is 9.60. The maximum atomic E-state index is 12.9. The van der Waals surface area contributed by atoms with Gasteiger partial charge >= 0.3 is 21.3 Å². The first-order valence-corrected chi connectivity index (χ1v) is 13.0. The van der Waals surface area contributed by atoms with E-state index < -0.39 is 58.0 Å². The molecule has 5 N–H and O–H groups in total. The number of aromatic nitrogens is 2. The average Bonchev–Trinajstić information content (AvgIpc) is 3.00. The maximum Gasteiger partial charge on any atom is 0.481 e. The summed E-state index contributed by atoms with van der Waals surface area (Å²) in [5.41, 5.74) is -0.798. The van der Waals surface area contributed by atoms with E-state index in [-0.39, 0.29) is 13.0 Å². The van der Waals surface area contributed by atoms with Crippen LogP contribution in [0.3, 0.4) is 0 Å². The van der Waals surface area contributed by atoms with E-state index >= 15 is 0 Å². The number of aryl methyl sites for hydroxylation is 1. The zero-order valence-corrected chi connectivity index (χ0v) is 19.7. The zero-order chi connectivity index (χ0) is 25.3. The quantitative estimate of drug-likeness (QED) is 0.260. The highest BCUT2D eigenvalue weighted by atomic mass is 35.5. The standard InChI is InChI=1S/C17H21ClN2O12P2/c18-11-4-2-1-3-10(11)5-7-19-13(21)6-8-20(17(19)24)16-15(23)14(22)12(31-16)9-30-34(28,29)32-33(25,26)27/h1-4,6,8,12,14-16,22-23H,5,7,9H2,(H,28,29)(H2,25,26,27)/t12-,14+,15?,16-/m1/s1. The lowest BCUT2D eigenvalue weighted by Crippen LogP contribution is -2.43. The molecule has 0 spiro atoms. The van der Waals surface area contributed by atoms with Crippen molar-refractivity contribution in [3.05, 3.63) is 68.0 Å². The molecule has 17 heteroatoms. The van der Waals surface area contributed by atoms with Gasteiger partial charge in [-0.25, -0.2) is 13.9 Å². The third-order valence-electron chi connectivity index (χ3n) is 4.88. The molecular formula is C17H21ClN2O12P2. The molecule has 1 aromatic carbocycles. The molecule has 2 heterocycles. The van der Waals surface area contributed by atoms with Gasteiger partial charge in [0.25, 0.3) is 5.56 Å². The maximum absolute atomic E-state index is 12.9. The molecule has 0 aliphatic carbocycles. The molecular weight excluding hydrogens is 522 g/mol. The van der Waals surface area contributed by atoms with Gasteiger partial charge in [-0.1, -0.05) is 29.8 Å². The highest BCUT2D eigenvalue weighted by molar-refractivity contribution is 7.60. The van der Waals surface area contributed by atoms with Crippen LogP contribution in [0.4, 0.5) is 0 Å². The molecule has 1 aliphatic rings. The van der Waals surface area contributed by atoms with E-state index in [0.717, 1.165) is 21.4 Å².